The Labute approximate surface area is 108 Å². The van der Waals surface area contributed by atoms with Crippen molar-refractivity contribution in [2.24, 2.45) is 13.0 Å². The summed E-state index contributed by atoms with van der Waals surface area (Å²) in [6, 6.07) is -0.0638. The minimum absolute atomic E-state index is 0.0638. The Morgan fingerprint density at radius 2 is 2.28 bits per heavy atom. The van der Waals surface area contributed by atoms with E-state index in [-0.39, 0.29) is 11.1 Å². The van der Waals surface area contributed by atoms with Crippen LogP contribution >= 0.6 is 0 Å². The van der Waals surface area contributed by atoms with Crippen molar-refractivity contribution in [1.29, 1.82) is 0 Å². The van der Waals surface area contributed by atoms with E-state index in [9.17, 15) is 8.42 Å². The first kappa shape index (κ1) is 13.5. The highest BCUT2D eigenvalue weighted by Gasteiger charge is 2.28. The van der Waals surface area contributed by atoms with Crippen LogP contribution in [0.25, 0.3) is 0 Å². The Morgan fingerprint density at radius 3 is 2.83 bits per heavy atom. The van der Waals surface area contributed by atoms with Gasteiger partial charge in [-0.05, 0) is 25.8 Å². The number of imidazole rings is 1. The lowest BCUT2D eigenvalue weighted by atomic mass is 9.96. The summed E-state index contributed by atoms with van der Waals surface area (Å²) in [6.07, 6.45) is 2.52. The van der Waals surface area contributed by atoms with E-state index < -0.39 is 10.0 Å². The Balaban J connectivity index is 2.16. The average molecular weight is 272 g/mol. The minimum atomic E-state index is -3.52. The van der Waals surface area contributed by atoms with Crippen molar-refractivity contribution in [3.8, 4) is 0 Å². The molecule has 0 saturated carbocycles. The summed E-state index contributed by atoms with van der Waals surface area (Å²) in [6.45, 7) is 5.47. The van der Waals surface area contributed by atoms with Crippen LogP contribution in [-0.4, -0.2) is 37.1 Å². The second-order valence-electron chi connectivity index (χ2n) is 4.94. The molecule has 1 aliphatic heterocycles. The molecule has 1 fully saturated rings. The molecule has 18 heavy (non-hydrogen) atoms. The van der Waals surface area contributed by atoms with E-state index in [1.165, 1.54) is 0 Å². The van der Waals surface area contributed by atoms with Gasteiger partial charge in [0, 0.05) is 25.8 Å². The third-order valence-electron chi connectivity index (χ3n) is 3.50. The van der Waals surface area contributed by atoms with Gasteiger partial charge in [0.05, 0.1) is 0 Å². The number of hydrogen-bond acceptors (Lipinski definition) is 4. The van der Waals surface area contributed by atoms with Crippen LogP contribution in [-0.2, 0) is 17.1 Å². The van der Waals surface area contributed by atoms with Gasteiger partial charge in [-0.1, -0.05) is 6.92 Å². The molecule has 0 bridgehead atoms. The Morgan fingerprint density at radius 1 is 1.56 bits per heavy atom. The smallest absolute Gasteiger partial charge is 0.259 e. The van der Waals surface area contributed by atoms with E-state index in [4.69, 9.17) is 0 Å². The highest BCUT2D eigenvalue weighted by molar-refractivity contribution is 7.89. The monoisotopic (exact) mass is 272 g/mol. The van der Waals surface area contributed by atoms with Crippen LogP contribution in [0.15, 0.2) is 11.2 Å². The number of sulfonamides is 1. The molecular weight excluding hydrogens is 252 g/mol. The van der Waals surface area contributed by atoms with Gasteiger partial charge in [-0.15, -0.1) is 0 Å². The Hall–Kier alpha value is -0.920. The van der Waals surface area contributed by atoms with Crippen LogP contribution < -0.4 is 10.0 Å². The molecule has 102 valence electrons. The number of aromatic nitrogens is 2. The normalized spacial score (nSPS) is 25.3. The van der Waals surface area contributed by atoms with Crippen LogP contribution in [0.5, 0.6) is 0 Å². The maximum Gasteiger partial charge on any atom is 0.259 e. The van der Waals surface area contributed by atoms with Gasteiger partial charge in [-0.3, -0.25) is 0 Å². The molecule has 0 aromatic carbocycles. The van der Waals surface area contributed by atoms with E-state index in [2.05, 4.69) is 21.9 Å². The average Bonchev–Trinajstić information content (AvgIpc) is 2.63. The summed E-state index contributed by atoms with van der Waals surface area (Å²) < 4.78 is 28.8. The second kappa shape index (κ2) is 4.99. The fourth-order valence-electron chi connectivity index (χ4n) is 2.06. The number of rotatable bonds is 3. The zero-order chi connectivity index (χ0) is 13.3. The first-order valence-electron chi connectivity index (χ1n) is 6.13. The van der Waals surface area contributed by atoms with Crippen LogP contribution in [0.3, 0.4) is 0 Å². The first-order chi connectivity index (χ1) is 8.40. The fourth-order valence-corrected chi connectivity index (χ4v) is 3.45. The topological polar surface area (TPSA) is 76.0 Å². The molecule has 2 heterocycles. The summed E-state index contributed by atoms with van der Waals surface area (Å²) in [7, 11) is -1.73. The number of nitrogens with zero attached hydrogens (tertiary/aromatic N) is 2. The van der Waals surface area contributed by atoms with Gasteiger partial charge in [0.15, 0.2) is 5.03 Å². The first-order valence-corrected chi connectivity index (χ1v) is 7.61. The lowest BCUT2D eigenvalue weighted by Crippen LogP contribution is -2.50. The molecule has 2 rings (SSSR count). The molecule has 2 atom stereocenters. The zero-order valence-electron chi connectivity index (χ0n) is 11.0. The van der Waals surface area contributed by atoms with Crippen LogP contribution in [0.1, 0.15) is 19.2 Å². The molecule has 2 N–H and O–H groups in total. The summed E-state index contributed by atoms with van der Waals surface area (Å²) in [5, 5.41) is 3.30. The molecule has 1 saturated heterocycles. The summed E-state index contributed by atoms with van der Waals surface area (Å²) in [5.74, 6) is 1.02. The molecule has 0 spiro atoms. The highest BCUT2D eigenvalue weighted by atomic mass is 32.2. The highest BCUT2D eigenvalue weighted by Crippen LogP contribution is 2.15. The number of aryl methyl sites for hydroxylation is 2. The summed E-state index contributed by atoms with van der Waals surface area (Å²) >= 11 is 0. The summed E-state index contributed by atoms with van der Waals surface area (Å²) in [4.78, 5) is 4.06. The largest absolute Gasteiger partial charge is 0.337 e. The third-order valence-corrected chi connectivity index (χ3v) is 4.86. The van der Waals surface area contributed by atoms with Crippen LogP contribution in [0, 0.1) is 12.8 Å². The molecule has 1 aromatic heterocycles. The maximum atomic E-state index is 12.2. The quantitative estimate of drug-likeness (QED) is 0.812. The van der Waals surface area contributed by atoms with Crippen molar-refractivity contribution in [3.05, 3.63) is 12.0 Å². The molecule has 0 unspecified atom stereocenters. The van der Waals surface area contributed by atoms with Gasteiger partial charge in [-0.25, -0.2) is 18.1 Å². The number of piperidine rings is 1. The second-order valence-corrected chi connectivity index (χ2v) is 6.60. The van der Waals surface area contributed by atoms with Gasteiger partial charge in [0.25, 0.3) is 10.0 Å². The number of nitrogens with one attached hydrogen (secondary N) is 2. The minimum Gasteiger partial charge on any atom is -0.337 e. The van der Waals surface area contributed by atoms with E-state index in [0.717, 1.165) is 13.0 Å². The maximum absolute atomic E-state index is 12.2. The molecular formula is C11H20N4O2S. The van der Waals surface area contributed by atoms with Crippen molar-refractivity contribution in [1.82, 2.24) is 19.6 Å². The van der Waals surface area contributed by atoms with E-state index in [1.54, 1.807) is 24.7 Å². The predicted molar refractivity (Wildman–Crippen MR) is 68.7 cm³/mol. The molecule has 6 nitrogen and oxygen atoms in total. The standard InChI is InChI=1S/C11H20N4O2S/c1-8-4-5-12-6-10(8)14-18(16,17)11-7-15(3)9(2)13-11/h7-8,10,12,14H,4-6H2,1-3H3/t8-,10+/m0/s1. The SMILES string of the molecule is Cc1nc(S(=O)(=O)N[C@@H]2CNCC[C@@H]2C)cn1C. The Kier molecular flexibility index (Phi) is 3.74. The Bertz CT molecular complexity index is 504. The van der Waals surface area contributed by atoms with Crippen molar-refractivity contribution in [2.45, 2.75) is 31.3 Å². The molecule has 1 aromatic rings. The molecule has 0 aliphatic carbocycles. The predicted octanol–water partition coefficient (Wildman–Crippen LogP) is 0.00482. The van der Waals surface area contributed by atoms with E-state index >= 15 is 0 Å². The third kappa shape index (κ3) is 2.73. The lowest BCUT2D eigenvalue weighted by Gasteiger charge is -2.29. The van der Waals surface area contributed by atoms with Crippen LogP contribution in [0.2, 0.25) is 0 Å². The van der Waals surface area contributed by atoms with Crippen molar-refractivity contribution >= 4 is 10.0 Å². The van der Waals surface area contributed by atoms with Crippen molar-refractivity contribution in [3.63, 3.8) is 0 Å². The van der Waals surface area contributed by atoms with E-state index in [1.807, 2.05) is 0 Å². The van der Waals surface area contributed by atoms with Crippen molar-refractivity contribution < 1.29 is 8.42 Å². The molecule has 7 heteroatoms. The van der Waals surface area contributed by atoms with Crippen molar-refractivity contribution in [2.75, 3.05) is 13.1 Å². The molecule has 1 aliphatic rings. The summed E-state index contributed by atoms with van der Waals surface area (Å²) in [5.41, 5.74) is 0. The van der Waals surface area contributed by atoms with Crippen LogP contribution in [0.4, 0.5) is 0 Å². The van der Waals surface area contributed by atoms with E-state index in [0.29, 0.717) is 18.3 Å². The molecule has 0 radical (unpaired) electrons. The van der Waals surface area contributed by atoms with Gasteiger partial charge in [0.1, 0.15) is 5.82 Å². The number of hydrogen-bond donors (Lipinski definition) is 2. The van der Waals surface area contributed by atoms with Gasteiger partial charge < -0.3 is 9.88 Å². The zero-order valence-corrected chi connectivity index (χ0v) is 11.8. The molecule has 0 amide bonds. The van der Waals surface area contributed by atoms with Gasteiger partial charge in [0.2, 0.25) is 0 Å². The lowest BCUT2D eigenvalue weighted by molar-refractivity contribution is 0.327. The fraction of sp³-hybridized carbons (Fsp3) is 0.727. The van der Waals surface area contributed by atoms with Gasteiger partial charge in [-0.2, -0.15) is 0 Å². The van der Waals surface area contributed by atoms with Gasteiger partial charge >= 0.3 is 0 Å².